The molecule has 0 aromatic carbocycles. The van der Waals surface area contributed by atoms with Crippen molar-refractivity contribution in [2.24, 2.45) is 11.1 Å². The Morgan fingerprint density at radius 2 is 2.10 bits per heavy atom. The molecule has 5 nitrogen and oxygen atoms in total. The van der Waals surface area contributed by atoms with Gasteiger partial charge in [0.2, 0.25) is 0 Å². The second-order valence-electron chi connectivity index (χ2n) is 6.08. The van der Waals surface area contributed by atoms with Gasteiger partial charge in [0.15, 0.2) is 0 Å². The predicted octanol–water partition coefficient (Wildman–Crippen LogP) is 1.60. The van der Waals surface area contributed by atoms with Crippen LogP contribution >= 0.6 is 0 Å². The molecule has 0 unspecified atom stereocenters. The zero-order valence-electron chi connectivity index (χ0n) is 12.5. The van der Waals surface area contributed by atoms with E-state index in [1.807, 2.05) is 19.9 Å². The number of hydrogen-bond acceptors (Lipinski definition) is 4. The number of rotatable bonds is 4. The normalized spacial score (nSPS) is 17.8. The highest BCUT2D eigenvalue weighted by Crippen LogP contribution is 2.29. The van der Waals surface area contributed by atoms with Crippen molar-refractivity contribution < 1.29 is 4.79 Å². The summed E-state index contributed by atoms with van der Waals surface area (Å²) in [7, 11) is 0. The Bertz CT molecular complexity index is 507. The minimum atomic E-state index is -0.423. The first-order chi connectivity index (χ1) is 9.41. The van der Waals surface area contributed by atoms with Crippen molar-refractivity contribution in [3.8, 4) is 0 Å². The van der Waals surface area contributed by atoms with Crippen LogP contribution in [0.2, 0.25) is 0 Å². The van der Waals surface area contributed by atoms with Crippen molar-refractivity contribution >= 4 is 11.7 Å². The second kappa shape index (κ2) is 5.79. The monoisotopic (exact) mass is 276 g/mol. The molecule has 1 fully saturated rings. The number of primary amides is 1. The zero-order valence-corrected chi connectivity index (χ0v) is 12.5. The van der Waals surface area contributed by atoms with E-state index in [0.29, 0.717) is 11.4 Å². The summed E-state index contributed by atoms with van der Waals surface area (Å²) in [6.07, 6.45) is 2.24. The van der Waals surface area contributed by atoms with Crippen LogP contribution in [-0.2, 0) is 0 Å². The number of piperidine rings is 1. The van der Waals surface area contributed by atoms with Crippen LogP contribution in [-0.4, -0.2) is 30.5 Å². The summed E-state index contributed by atoms with van der Waals surface area (Å²) in [5.41, 5.74) is 7.99. The van der Waals surface area contributed by atoms with E-state index < -0.39 is 5.91 Å². The summed E-state index contributed by atoms with van der Waals surface area (Å²) >= 11 is 0. The van der Waals surface area contributed by atoms with Gasteiger partial charge in [0.25, 0.3) is 5.91 Å². The highest BCUT2D eigenvalue weighted by Gasteiger charge is 2.27. The van der Waals surface area contributed by atoms with Crippen molar-refractivity contribution in [1.29, 1.82) is 0 Å². The van der Waals surface area contributed by atoms with Gasteiger partial charge in [-0.05, 0) is 56.8 Å². The fourth-order valence-electron chi connectivity index (χ4n) is 2.78. The number of nitrogens with one attached hydrogen (secondary N) is 2. The van der Waals surface area contributed by atoms with Crippen LogP contribution in [0, 0.1) is 19.3 Å². The lowest BCUT2D eigenvalue weighted by Crippen LogP contribution is -2.39. The Morgan fingerprint density at radius 1 is 1.45 bits per heavy atom. The van der Waals surface area contributed by atoms with Crippen LogP contribution in [0.1, 0.15) is 41.4 Å². The smallest absolute Gasteiger partial charge is 0.252 e. The third-order valence-corrected chi connectivity index (χ3v) is 4.08. The molecule has 0 saturated carbocycles. The molecule has 110 valence electrons. The van der Waals surface area contributed by atoms with Gasteiger partial charge in [-0.3, -0.25) is 4.79 Å². The first-order valence-electron chi connectivity index (χ1n) is 7.14. The van der Waals surface area contributed by atoms with Crippen LogP contribution in [0.4, 0.5) is 5.82 Å². The molecule has 2 rings (SSSR count). The van der Waals surface area contributed by atoms with Gasteiger partial charge in [0, 0.05) is 12.2 Å². The summed E-state index contributed by atoms with van der Waals surface area (Å²) in [4.78, 5) is 16.1. The highest BCUT2D eigenvalue weighted by atomic mass is 16.1. The maximum absolute atomic E-state index is 11.6. The number of carbonyl (C=O) groups excluding carboxylic acids is 1. The SMILES string of the molecule is Cc1cc(C)c(C(N)=O)c(NCC2(C)CCNCC2)n1. The van der Waals surface area contributed by atoms with Gasteiger partial charge in [-0.2, -0.15) is 0 Å². The van der Waals surface area contributed by atoms with Gasteiger partial charge in [-0.1, -0.05) is 6.92 Å². The summed E-state index contributed by atoms with van der Waals surface area (Å²) in [5.74, 6) is 0.197. The van der Waals surface area contributed by atoms with Crippen molar-refractivity contribution in [2.45, 2.75) is 33.6 Å². The molecule has 0 aliphatic carbocycles. The van der Waals surface area contributed by atoms with E-state index in [-0.39, 0.29) is 5.41 Å². The molecule has 0 atom stereocenters. The summed E-state index contributed by atoms with van der Waals surface area (Å²) in [6.45, 7) is 8.99. The van der Waals surface area contributed by atoms with Gasteiger partial charge in [-0.25, -0.2) is 4.98 Å². The Kier molecular flexibility index (Phi) is 4.28. The minimum absolute atomic E-state index is 0.236. The van der Waals surface area contributed by atoms with E-state index in [9.17, 15) is 4.79 Å². The fourth-order valence-corrected chi connectivity index (χ4v) is 2.78. The molecule has 1 saturated heterocycles. The number of amides is 1. The van der Waals surface area contributed by atoms with Crippen molar-refractivity contribution in [1.82, 2.24) is 10.3 Å². The number of aromatic nitrogens is 1. The second-order valence-corrected chi connectivity index (χ2v) is 6.08. The van der Waals surface area contributed by atoms with Crippen molar-refractivity contribution in [3.63, 3.8) is 0 Å². The quantitative estimate of drug-likeness (QED) is 0.780. The highest BCUT2D eigenvalue weighted by molar-refractivity contribution is 5.99. The van der Waals surface area contributed by atoms with E-state index in [2.05, 4.69) is 22.5 Å². The van der Waals surface area contributed by atoms with Crippen LogP contribution in [0.5, 0.6) is 0 Å². The third-order valence-electron chi connectivity index (χ3n) is 4.08. The lowest BCUT2D eigenvalue weighted by molar-refractivity contribution is 0.1000. The predicted molar refractivity (Wildman–Crippen MR) is 80.9 cm³/mol. The van der Waals surface area contributed by atoms with E-state index in [0.717, 1.165) is 43.7 Å². The van der Waals surface area contributed by atoms with Gasteiger partial charge < -0.3 is 16.4 Å². The molecule has 1 aromatic heterocycles. The molecular weight excluding hydrogens is 252 g/mol. The maximum Gasteiger partial charge on any atom is 0.252 e. The minimum Gasteiger partial charge on any atom is -0.369 e. The average molecular weight is 276 g/mol. The molecule has 1 aromatic rings. The first-order valence-corrected chi connectivity index (χ1v) is 7.14. The van der Waals surface area contributed by atoms with E-state index in [1.165, 1.54) is 0 Å². The number of aryl methyl sites for hydroxylation is 2. The molecular formula is C15H24N4O. The van der Waals surface area contributed by atoms with Crippen LogP contribution in [0.3, 0.4) is 0 Å². The molecule has 1 aliphatic rings. The molecule has 5 heteroatoms. The number of nitrogens with two attached hydrogens (primary N) is 1. The summed E-state index contributed by atoms with van der Waals surface area (Å²) in [5, 5.41) is 6.72. The average Bonchev–Trinajstić information content (AvgIpc) is 2.36. The van der Waals surface area contributed by atoms with Gasteiger partial charge in [0.05, 0.1) is 5.56 Å². The standard InChI is InChI=1S/C15H24N4O/c1-10-8-11(2)19-14(12(10)13(16)20)18-9-15(3)4-6-17-7-5-15/h8,17H,4-7,9H2,1-3H3,(H2,16,20)(H,18,19). The fraction of sp³-hybridized carbons (Fsp3) is 0.600. The Morgan fingerprint density at radius 3 is 2.70 bits per heavy atom. The largest absolute Gasteiger partial charge is 0.369 e. The third kappa shape index (κ3) is 3.28. The van der Waals surface area contributed by atoms with Crippen molar-refractivity contribution in [2.75, 3.05) is 25.0 Å². The first kappa shape index (κ1) is 14.8. The molecule has 2 heterocycles. The lowest BCUT2D eigenvalue weighted by Gasteiger charge is -2.34. The molecule has 0 radical (unpaired) electrons. The summed E-state index contributed by atoms with van der Waals surface area (Å²) < 4.78 is 0. The van der Waals surface area contributed by atoms with Gasteiger partial charge in [-0.15, -0.1) is 0 Å². The van der Waals surface area contributed by atoms with Gasteiger partial charge in [0.1, 0.15) is 5.82 Å². The molecule has 1 amide bonds. The van der Waals surface area contributed by atoms with E-state index in [4.69, 9.17) is 5.73 Å². The zero-order chi connectivity index (χ0) is 14.8. The molecule has 4 N–H and O–H groups in total. The number of nitrogens with zero attached hydrogens (tertiary/aromatic N) is 1. The van der Waals surface area contributed by atoms with Crippen LogP contribution < -0.4 is 16.4 Å². The van der Waals surface area contributed by atoms with Crippen LogP contribution in [0.25, 0.3) is 0 Å². The summed E-state index contributed by atoms with van der Waals surface area (Å²) in [6, 6.07) is 1.89. The van der Waals surface area contributed by atoms with Crippen LogP contribution in [0.15, 0.2) is 6.07 Å². The Hall–Kier alpha value is -1.62. The lowest BCUT2D eigenvalue weighted by atomic mass is 9.81. The molecule has 0 spiro atoms. The van der Waals surface area contributed by atoms with E-state index in [1.54, 1.807) is 0 Å². The molecule has 20 heavy (non-hydrogen) atoms. The Balaban J connectivity index is 2.18. The van der Waals surface area contributed by atoms with Gasteiger partial charge >= 0.3 is 0 Å². The maximum atomic E-state index is 11.6. The number of anilines is 1. The number of hydrogen-bond donors (Lipinski definition) is 3. The van der Waals surface area contributed by atoms with E-state index >= 15 is 0 Å². The molecule has 1 aliphatic heterocycles. The number of carbonyl (C=O) groups is 1. The topological polar surface area (TPSA) is 80.0 Å². The van der Waals surface area contributed by atoms with Crippen molar-refractivity contribution in [3.05, 3.63) is 22.9 Å². The molecule has 0 bridgehead atoms. The number of pyridine rings is 1. The Labute approximate surface area is 120 Å².